The fourth-order valence-electron chi connectivity index (χ4n) is 3.30. The zero-order valence-electron chi connectivity index (χ0n) is 14.0. The molecule has 1 saturated carbocycles. The van der Waals surface area contributed by atoms with Crippen LogP contribution in [0, 0.1) is 0 Å². The molecule has 0 radical (unpaired) electrons. The first-order valence-electron chi connectivity index (χ1n) is 9.51. The maximum atomic E-state index is 2.46. The molecule has 0 nitrogen and oxygen atoms in total. The fourth-order valence-corrected chi connectivity index (χ4v) is 18.9. The van der Waals surface area contributed by atoms with Crippen molar-refractivity contribution >= 4 is 8.24 Å². The third-order valence-corrected chi connectivity index (χ3v) is 20.8. The van der Waals surface area contributed by atoms with Crippen molar-refractivity contribution in [1.29, 1.82) is 0 Å². The van der Waals surface area contributed by atoms with Gasteiger partial charge in [0, 0.05) is 0 Å². The van der Waals surface area contributed by atoms with Crippen LogP contribution >= 0.6 is 8.24 Å². The molecule has 0 spiro atoms. The van der Waals surface area contributed by atoms with E-state index in [1.54, 1.807) is 25.7 Å². The van der Waals surface area contributed by atoms with Crippen molar-refractivity contribution in [3.63, 3.8) is 0 Å². The van der Waals surface area contributed by atoms with E-state index in [1.165, 1.54) is 79.8 Å². The van der Waals surface area contributed by atoms with E-state index in [4.69, 9.17) is 0 Å². The second-order valence-corrected chi connectivity index (χ2v) is 21.0. The molecule has 0 saturated heterocycles. The van der Waals surface area contributed by atoms with E-state index in [0.717, 1.165) is 0 Å². The first-order valence-corrected chi connectivity index (χ1v) is 20.6. The zero-order chi connectivity index (χ0) is 14.3. The van der Waals surface area contributed by atoms with Gasteiger partial charge in [-0.25, -0.2) is 0 Å². The number of hydrogen-bond acceptors (Lipinski definition) is 1. The van der Waals surface area contributed by atoms with Gasteiger partial charge >= 0.3 is 137 Å². The molecule has 0 bridgehead atoms. The van der Waals surface area contributed by atoms with Crippen LogP contribution in [0.1, 0.15) is 103 Å². The summed E-state index contributed by atoms with van der Waals surface area (Å²) in [6, 6.07) is 0. The second-order valence-electron chi connectivity index (χ2n) is 6.76. The third kappa shape index (κ3) is 11.9. The van der Waals surface area contributed by atoms with Crippen LogP contribution in [-0.2, 0) is 23.1 Å². The maximum absolute atomic E-state index is 2.46. The molecule has 2 heteroatoms. The van der Waals surface area contributed by atoms with Crippen LogP contribution in [0.15, 0.2) is 0 Å². The van der Waals surface area contributed by atoms with Crippen LogP contribution < -0.4 is 0 Å². The molecular formula is C18H36HgS. The van der Waals surface area contributed by atoms with Gasteiger partial charge in [-0.15, -0.1) is 0 Å². The molecule has 0 aromatic rings. The van der Waals surface area contributed by atoms with Crippen LogP contribution in [0.4, 0.5) is 0 Å². The topological polar surface area (TPSA) is 0 Å². The molecule has 1 rings (SSSR count). The Kier molecular flexibility index (Phi) is 14.7. The van der Waals surface area contributed by atoms with E-state index in [-0.39, 0.29) is 0 Å². The van der Waals surface area contributed by atoms with Crippen LogP contribution in [-0.4, -0.2) is 5.75 Å². The van der Waals surface area contributed by atoms with Gasteiger partial charge in [0.2, 0.25) is 0 Å². The van der Waals surface area contributed by atoms with Gasteiger partial charge in [0.15, 0.2) is 0 Å². The van der Waals surface area contributed by atoms with Crippen molar-refractivity contribution in [2.45, 2.75) is 107 Å². The van der Waals surface area contributed by atoms with Gasteiger partial charge in [0.1, 0.15) is 0 Å². The molecule has 20 heavy (non-hydrogen) atoms. The SMILES string of the molecule is CCCCCCCCCCCC[S][Hg][CH]1CCCCC1. The van der Waals surface area contributed by atoms with E-state index in [2.05, 4.69) is 15.2 Å². The molecule has 116 valence electrons. The van der Waals surface area contributed by atoms with Gasteiger partial charge in [-0.3, -0.25) is 0 Å². The summed E-state index contributed by atoms with van der Waals surface area (Å²) in [6.07, 6.45) is 22.7. The Labute approximate surface area is 143 Å². The van der Waals surface area contributed by atoms with Gasteiger partial charge in [0.05, 0.1) is 0 Å². The van der Waals surface area contributed by atoms with E-state index in [0.29, 0.717) is 0 Å². The molecule has 1 aliphatic carbocycles. The van der Waals surface area contributed by atoms with Crippen LogP contribution in [0.5, 0.6) is 0 Å². The van der Waals surface area contributed by atoms with Crippen LogP contribution in [0.3, 0.4) is 0 Å². The van der Waals surface area contributed by atoms with Gasteiger partial charge in [-0.05, 0) is 0 Å². The van der Waals surface area contributed by atoms with E-state index < -0.39 is 23.1 Å². The fraction of sp³-hybridized carbons (Fsp3) is 1.00. The molecule has 0 N–H and O–H groups in total. The molecule has 0 aromatic carbocycles. The molecule has 0 aromatic heterocycles. The predicted octanol–water partition coefficient (Wildman–Crippen LogP) is 7.39. The standard InChI is InChI=1S/C12H26S.C6H11.Hg/c1-2-3-4-5-6-7-8-9-10-11-12-13;1-2-4-6-5-3-1;/h13H,2-12H2,1H3;1H,2-6H2;/q;;+1/p-1. The van der Waals surface area contributed by atoms with Crippen molar-refractivity contribution in [2.75, 3.05) is 5.75 Å². The van der Waals surface area contributed by atoms with E-state index in [9.17, 15) is 0 Å². The Morgan fingerprint density at radius 1 is 0.750 bits per heavy atom. The summed E-state index contributed by atoms with van der Waals surface area (Å²) in [4.78, 5) is 0. The van der Waals surface area contributed by atoms with Gasteiger partial charge in [0.25, 0.3) is 0 Å². The average molecular weight is 485 g/mol. The van der Waals surface area contributed by atoms with Gasteiger partial charge in [-0.1, -0.05) is 6.92 Å². The summed E-state index contributed by atoms with van der Waals surface area (Å²) < 4.78 is 1.29. The first-order chi connectivity index (χ1) is 9.93. The Morgan fingerprint density at radius 3 is 1.90 bits per heavy atom. The van der Waals surface area contributed by atoms with E-state index in [1.807, 2.05) is 0 Å². The molecular weight excluding hydrogens is 449 g/mol. The Morgan fingerprint density at radius 2 is 1.30 bits per heavy atom. The number of rotatable bonds is 13. The molecule has 0 atom stereocenters. The molecule has 0 unspecified atom stereocenters. The van der Waals surface area contributed by atoms with Crippen LogP contribution in [0.2, 0.25) is 3.43 Å². The summed E-state index contributed by atoms with van der Waals surface area (Å²) in [5, 5.41) is 0. The minimum atomic E-state index is -0.512. The summed E-state index contributed by atoms with van der Waals surface area (Å²) in [6.45, 7) is 2.30. The number of unbranched alkanes of at least 4 members (excludes halogenated alkanes) is 9. The summed E-state index contributed by atoms with van der Waals surface area (Å²) in [5.74, 6) is 1.52. The molecule has 1 fully saturated rings. The second kappa shape index (κ2) is 15.2. The Hall–Kier alpha value is 1.29. The molecule has 0 amide bonds. The Balaban J connectivity index is 1.70. The normalized spacial score (nSPS) is 16.2. The van der Waals surface area contributed by atoms with Crippen LogP contribution in [0.25, 0.3) is 0 Å². The summed E-state index contributed by atoms with van der Waals surface area (Å²) >= 11 is -0.512. The Bertz CT molecular complexity index is 190. The number of hydrogen-bond donors (Lipinski definition) is 0. The van der Waals surface area contributed by atoms with E-state index >= 15 is 0 Å². The van der Waals surface area contributed by atoms with Crippen molar-refractivity contribution in [3.8, 4) is 0 Å². The molecule has 0 heterocycles. The monoisotopic (exact) mass is 486 g/mol. The minimum absolute atomic E-state index is 0.512. The molecule has 0 aliphatic heterocycles. The predicted molar refractivity (Wildman–Crippen MR) is 91.1 cm³/mol. The van der Waals surface area contributed by atoms with Gasteiger partial charge in [-0.2, -0.15) is 0 Å². The van der Waals surface area contributed by atoms with Crippen molar-refractivity contribution in [3.05, 3.63) is 0 Å². The quantitative estimate of drug-likeness (QED) is 0.194. The first kappa shape index (κ1) is 19.3. The summed E-state index contributed by atoms with van der Waals surface area (Å²) in [7, 11) is 2.46. The third-order valence-electron chi connectivity index (χ3n) is 4.72. The van der Waals surface area contributed by atoms with Crippen molar-refractivity contribution in [2.24, 2.45) is 0 Å². The zero-order valence-corrected chi connectivity index (χ0v) is 20.3. The molecule has 1 aliphatic rings. The van der Waals surface area contributed by atoms with Crippen molar-refractivity contribution in [1.82, 2.24) is 0 Å². The van der Waals surface area contributed by atoms with Crippen molar-refractivity contribution < 1.29 is 23.1 Å². The average Bonchev–Trinajstić information content (AvgIpc) is 2.49. The van der Waals surface area contributed by atoms with Gasteiger partial charge < -0.3 is 0 Å². The summed E-state index contributed by atoms with van der Waals surface area (Å²) in [5.41, 5.74) is 0.